The first kappa shape index (κ1) is 31.0. The summed E-state index contributed by atoms with van der Waals surface area (Å²) >= 11 is 0. The van der Waals surface area contributed by atoms with Gasteiger partial charge in [-0.3, -0.25) is 24.0 Å². The fraction of sp³-hybridized carbons (Fsp3) is 0.500. The maximum Gasteiger partial charge on any atom is 0.326 e. The van der Waals surface area contributed by atoms with E-state index in [4.69, 9.17) is 15.9 Å². The van der Waals surface area contributed by atoms with Crippen LogP contribution < -0.4 is 21.7 Å². The van der Waals surface area contributed by atoms with Crippen LogP contribution in [0.1, 0.15) is 45.1 Å². The van der Waals surface area contributed by atoms with Gasteiger partial charge < -0.3 is 37.0 Å². The van der Waals surface area contributed by atoms with Gasteiger partial charge in [-0.1, -0.05) is 44.2 Å². The zero-order valence-electron chi connectivity index (χ0n) is 20.7. The normalized spacial score (nSPS) is 14.1. The molecule has 3 amide bonds. The zero-order valence-corrected chi connectivity index (χ0v) is 20.7. The second-order valence-electron chi connectivity index (χ2n) is 8.98. The number of nitrogens with two attached hydrogens (primary N) is 1. The number of hydrogen-bond donors (Lipinski definition) is 7. The zero-order chi connectivity index (χ0) is 28.1. The van der Waals surface area contributed by atoms with Gasteiger partial charge in [0.1, 0.15) is 18.1 Å². The van der Waals surface area contributed by atoms with Crippen molar-refractivity contribution in [2.45, 2.75) is 70.1 Å². The number of rotatable bonds is 16. The van der Waals surface area contributed by atoms with Crippen LogP contribution in [0.25, 0.3) is 0 Å². The molecule has 0 radical (unpaired) electrons. The maximum absolute atomic E-state index is 13.2. The highest BCUT2D eigenvalue weighted by Crippen LogP contribution is 2.09. The Kier molecular flexibility index (Phi) is 12.7. The minimum Gasteiger partial charge on any atom is -0.481 e. The van der Waals surface area contributed by atoms with Crippen LogP contribution in [-0.4, -0.2) is 75.1 Å². The molecule has 0 aliphatic heterocycles. The smallest absolute Gasteiger partial charge is 0.326 e. The third-order valence-corrected chi connectivity index (χ3v) is 5.25. The van der Waals surface area contributed by atoms with Crippen molar-refractivity contribution in [2.24, 2.45) is 11.7 Å². The number of nitrogens with one attached hydrogen (secondary N) is 3. The summed E-state index contributed by atoms with van der Waals surface area (Å²) in [4.78, 5) is 72.0. The molecule has 0 heterocycles. The van der Waals surface area contributed by atoms with Crippen LogP contribution in [0, 0.1) is 5.92 Å². The summed E-state index contributed by atoms with van der Waals surface area (Å²) in [6, 6.07) is 3.10. The van der Waals surface area contributed by atoms with E-state index in [1.807, 2.05) is 0 Å². The average Bonchev–Trinajstić information content (AvgIpc) is 2.80. The maximum atomic E-state index is 13.2. The Morgan fingerprint density at radius 3 is 1.84 bits per heavy atom. The lowest BCUT2D eigenvalue weighted by Crippen LogP contribution is -2.57. The van der Waals surface area contributed by atoms with Crippen molar-refractivity contribution in [3.8, 4) is 0 Å². The predicted molar refractivity (Wildman–Crippen MR) is 130 cm³/mol. The molecule has 4 atom stereocenters. The molecule has 0 aliphatic carbocycles. The topological polar surface area (TPSA) is 225 Å². The molecule has 0 aromatic heterocycles. The average molecular weight is 523 g/mol. The first-order valence-electron chi connectivity index (χ1n) is 11.7. The van der Waals surface area contributed by atoms with Gasteiger partial charge in [-0.05, 0) is 24.3 Å². The molecule has 0 saturated heterocycles. The number of hydrogen-bond acceptors (Lipinski definition) is 7. The van der Waals surface area contributed by atoms with Crippen molar-refractivity contribution >= 4 is 35.6 Å². The van der Waals surface area contributed by atoms with Crippen molar-refractivity contribution in [1.29, 1.82) is 0 Å². The highest BCUT2D eigenvalue weighted by atomic mass is 16.4. The van der Waals surface area contributed by atoms with E-state index in [9.17, 15) is 33.9 Å². The van der Waals surface area contributed by atoms with Crippen LogP contribution in [-0.2, 0) is 35.2 Å². The summed E-state index contributed by atoms with van der Waals surface area (Å²) in [5.74, 6) is -6.57. The van der Waals surface area contributed by atoms with E-state index in [-0.39, 0.29) is 25.2 Å². The van der Waals surface area contributed by atoms with E-state index in [0.717, 1.165) is 0 Å². The largest absolute Gasteiger partial charge is 0.481 e. The van der Waals surface area contributed by atoms with Crippen molar-refractivity contribution < 1.29 is 44.1 Å². The Hall–Kier alpha value is -4.00. The first-order chi connectivity index (χ1) is 17.3. The molecule has 0 saturated carbocycles. The Labute approximate surface area is 213 Å². The number of carboxylic acids is 3. The van der Waals surface area contributed by atoms with E-state index in [1.54, 1.807) is 44.2 Å². The fourth-order valence-corrected chi connectivity index (χ4v) is 3.39. The third-order valence-electron chi connectivity index (χ3n) is 5.25. The second kappa shape index (κ2) is 15.2. The van der Waals surface area contributed by atoms with Gasteiger partial charge in [0.25, 0.3) is 0 Å². The second-order valence-corrected chi connectivity index (χ2v) is 8.98. The standard InChI is InChI=1S/C24H34N4O9/c1-13(2)10-18(24(36)37)28-22(34)16(8-9-19(29)30)26-23(35)17(11-14-6-4-3-5-7-14)27-21(33)15(25)12-20(31)32/h3-7,13,15-18H,8-12,25H2,1-2H3,(H,26,35)(H,27,33)(H,28,34)(H,29,30)(H,31,32)(H,36,37). The van der Waals surface area contributed by atoms with Crippen LogP contribution in [0.5, 0.6) is 0 Å². The highest BCUT2D eigenvalue weighted by Gasteiger charge is 2.31. The number of benzene rings is 1. The number of carbonyl (C=O) groups excluding carboxylic acids is 3. The summed E-state index contributed by atoms with van der Waals surface area (Å²) in [5, 5.41) is 34.5. The predicted octanol–water partition coefficient (Wildman–Crippen LogP) is -0.519. The summed E-state index contributed by atoms with van der Waals surface area (Å²) < 4.78 is 0. The molecule has 0 bridgehead atoms. The van der Waals surface area contributed by atoms with Crippen molar-refractivity contribution in [3.63, 3.8) is 0 Å². The van der Waals surface area contributed by atoms with E-state index in [1.165, 1.54) is 0 Å². The molecule has 13 heteroatoms. The van der Waals surface area contributed by atoms with E-state index in [0.29, 0.717) is 5.56 Å². The van der Waals surface area contributed by atoms with Gasteiger partial charge in [-0.15, -0.1) is 0 Å². The summed E-state index contributed by atoms with van der Waals surface area (Å²) in [6.45, 7) is 3.52. The van der Waals surface area contributed by atoms with Crippen LogP contribution in [0.15, 0.2) is 30.3 Å². The minimum atomic E-state index is -1.44. The van der Waals surface area contributed by atoms with Crippen LogP contribution in [0.4, 0.5) is 0 Å². The van der Waals surface area contributed by atoms with Gasteiger partial charge in [0.15, 0.2) is 0 Å². The summed E-state index contributed by atoms with van der Waals surface area (Å²) in [5.41, 5.74) is 6.23. The highest BCUT2D eigenvalue weighted by molar-refractivity contribution is 5.95. The van der Waals surface area contributed by atoms with Gasteiger partial charge in [0.05, 0.1) is 12.5 Å². The van der Waals surface area contributed by atoms with Gasteiger partial charge in [-0.25, -0.2) is 4.79 Å². The van der Waals surface area contributed by atoms with Crippen molar-refractivity contribution in [2.75, 3.05) is 0 Å². The molecule has 4 unspecified atom stereocenters. The first-order valence-corrected chi connectivity index (χ1v) is 11.7. The Morgan fingerprint density at radius 2 is 1.32 bits per heavy atom. The van der Waals surface area contributed by atoms with Crippen LogP contribution in [0.2, 0.25) is 0 Å². The monoisotopic (exact) mass is 522 g/mol. The lowest BCUT2D eigenvalue weighted by Gasteiger charge is -2.25. The van der Waals surface area contributed by atoms with Crippen molar-refractivity contribution in [3.05, 3.63) is 35.9 Å². The van der Waals surface area contributed by atoms with Crippen molar-refractivity contribution in [1.82, 2.24) is 16.0 Å². The molecular formula is C24H34N4O9. The Bertz CT molecular complexity index is 968. The Morgan fingerprint density at radius 1 is 0.784 bits per heavy atom. The molecule has 1 aromatic rings. The lowest BCUT2D eigenvalue weighted by atomic mass is 10.0. The molecule has 1 aromatic carbocycles. The minimum absolute atomic E-state index is 0.0451. The number of carbonyl (C=O) groups is 6. The molecule has 0 fully saturated rings. The van der Waals surface area contributed by atoms with Gasteiger partial charge in [0, 0.05) is 12.8 Å². The molecular weight excluding hydrogens is 488 g/mol. The molecule has 8 N–H and O–H groups in total. The fourth-order valence-electron chi connectivity index (χ4n) is 3.39. The summed E-state index contributed by atoms with van der Waals surface area (Å²) in [6.07, 6.45) is -1.46. The molecule has 13 nitrogen and oxygen atoms in total. The quantitative estimate of drug-likeness (QED) is 0.147. The van der Waals surface area contributed by atoms with E-state index < -0.39 is 72.6 Å². The number of aliphatic carboxylic acids is 3. The van der Waals surface area contributed by atoms with E-state index >= 15 is 0 Å². The van der Waals surface area contributed by atoms with Gasteiger partial charge in [0.2, 0.25) is 17.7 Å². The molecule has 1 rings (SSSR count). The number of carboxylic acid groups (broad SMARTS) is 3. The van der Waals surface area contributed by atoms with Gasteiger partial charge >= 0.3 is 17.9 Å². The third kappa shape index (κ3) is 12.0. The summed E-state index contributed by atoms with van der Waals surface area (Å²) in [7, 11) is 0. The lowest BCUT2D eigenvalue weighted by molar-refractivity contribution is -0.143. The molecule has 0 aliphatic rings. The molecule has 0 spiro atoms. The van der Waals surface area contributed by atoms with Gasteiger partial charge in [-0.2, -0.15) is 0 Å². The molecule has 204 valence electrons. The number of amides is 3. The SMILES string of the molecule is CC(C)CC(NC(=O)C(CCC(=O)O)NC(=O)C(Cc1ccccc1)NC(=O)C(N)CC(=O)O)C(=O)O. The Balaban J connectivity index is 3.14. The van der Waals surface area contributed by atoms with Crippen LogP contribution in [0.3, 0.4) is 0 Å². The van der Waals surface area contributed by atoms with E-state index in [2.05, 4.69) is 16.0 Å². The molecule has 37 heavy (non-hydrogen) atoms. The van der Waals surface area contributed by atoms with Crippen LogP contribution >= 0.6 is 0 Å².